The summed E-state index contributed by atoms with van der Waals surface area (Å²) in [5.41, 5.74) is 3.13. The van der Waals surface area contributed by atoms with E-state index in [2.05, 4.69) is 21.4 Å². The van der Waals surface area contributed by atoms with Crippen LogP contribution in [0.5, 0.6) is 5.75 Å². The van der Waals surface area contributed by atoms with Crippen LogP contribution in [0.3, 0.4) is 0 Å². The van der Waals surface area contributed by atoms with Gasteiger partial charge in [-0.05, 0) is 48.4 Å². The second-order valence-corrected chi connectivity index (χ2v) is 5.40. The van der Waals surface area contributed by atoms with Crippen LogP contribution in [0.1, 0.15) is 11.1 Å². The molecule has 0 aliphatic rings. The first kappa shape index (κ1) is 14.6. The highest BCUT2D eigenvalue weighted by Gasteiger charge is 2.07. The minimum Gasteiger partial charge on any atom is -0.497 e. The number of benzene rings is 2. The molecule has 0 fully saturated rings. The van der Waals surface area contributed by atoms with Gasteiger partial charge < -0.3 is 10.1 Å². The Morgan fingerprint density at radius 1 is 1.09 bits per heavy atom. The molecule has 0 spiro atoms. The Labute approximate surface area is 134 Å². The fourth-order valence-corrected chi connectivity index (χ4v) is 2.45. The van der Waals surface area contributed by atoms with Gasteiger partial charge in [0.25, 0.3) is 0 Å². The number of aryl methyl sites for hydroxylation is 1. The van der Waals surface area contributed by atoms with Crippen LogP contribution in [-0.4, -0.2) is 17.1 Å². The van der Waals surface area contributed by atoms with Crippen LogP contribution in [0.2, 0.25) is 5.28 Å². The van der Waals surface area contributed by atoms with Crippen LogP contribution in [-0.2, 0) is 6.54 Å². The molecule has 0 amide bonds. The molecular weight excluding hydrogens is 298 g/mol. The predicted molar refractivity (Wildman–Crippen MR) is 89.6 cm³/mol. The number of rotatable bonds is 4. The van der Waals surface area contributed by atoms with E-state index >= 15 is 0 Å². The quantitative estimate of drug-likeness (QED) is 0.733. The standard InChI is InChI=1S/C17H16ClN3O/c1-11-3-8-15-14(9-11)16(21-17(18)20-15)19-10-12-4-6-13(22-2)7-5-12/h3-9H,10H2,1-2H3,(H,19,20,21). The largest absolute Gasteiger partial charge is 0.497 e. The number of nitrogens with one attached hydrogen (secondary N) is 1. The van der Waals surface area contributed by atoms with Gasteiger partial charge in [0.2, 0.25) is 5.28 Å². The molecule has 4 nitrogen and oxygen atoms in total. The van der Waals surface area contributed by atoms with Gasteiger partial charge in [-0.1, -0.05) is 23.8 Å². The molecule has 5 heteroatoms. The molecule has 3 aromatic rings. The highest BCUT2D eigenvalue weighted by Crippen LogP contribution is 2.24. The number of hydrogen-bond acceptors (Lipinski definition) is 4. The Bertz CT molecular complexity index is 803. The van der Waals surface area contributed by atoms with Crippen LogP contribution in [0, 0.1) is 6.92 Å². The lowest BCUT2D eigenvalue weighted by atomic mass is 10.1. The fraction of sp³-hybridized carbons (Fsp3) is 0.176. The zero-order chi connectivity index (χ0) is 15.5. The van der Waals surface area contributed by atoms with E-state index in [0.29, 0.717) is 6.54 Å². The van der Waals surface area contributed by atoms with Gasteiger partial charge in [-0.25, -0.2) is 9.97 Å². The van der Waals surface area contributed by atoms with Crippen LogP contribution < -0.4 is 10.1 Å². The first-order valence-corrected chi connectivity index (χ1v) is 7.34. The number of anilines is 1. The van der Waals surface area contributed by atoms with Gasteiger partial charge >= 0.3 is 0 Å². The van der Waals surface area contributed by atoms with Gasteiger partial charge in [0.15, 0.2) is 0 Å². The lowest BCUT2D eigenvalue weighted by Gasteiger charge is -2.10. The second kappa shape index (κ2) is 6.20. The minimum atomic E-state index is 0.244. The van der Waals surface area contributed by atoms with Crippen molar-refractivity contribution in [2.75, 3.05) is 12.4 Å². The summed E-state index contributed by atoms with van der Waals surface area (Å²) in [5, 5.41) is 4.55. The number of methoxy groups -OCH3 is 1. The lowest BCUT2D eigenvalue weighted by Crippen LogP contribution is -2.03. The van der Waals surface area contributed by atoms with Crippen LogP contribution in [0.4, 0.5) is 5.82 Å². The molecule has 2 aromatic carbocycles. The van der Waals surface area contributed by atoms with E-state index in [9.17, 15) is 0 Å². The molecule has 0 aliphatic heterocycles. The van der Waals surface area contributed by atoms with Crippen LogP contribution in [0.15, 0.2) is 42.5 Å². The molecule has 0 radical (unpaired) electrons. The maximum atomic E-state index is 6.01. The Morgan fingerprint density at radius 2 is 1.86 bits per heavy atom. The predicted octanol–water partition coefficient (Wildman–Crippen LogP) is 4.21. The van der Waals surface area contributed by atoms with E-state index in [1.54, 1.807) is 7.11 Å². The number of aromatic nitrogens is 2. The number of hydrogen-bond donors (Lipinski definition) is 1. The maximum Gasteiger partial charge on any atom is 0.224 e. The third-order valence-corrected chi connectivity index (χ3v) is 3.61. The highest BCUT2D eigenvalue weighted by atomic mass is 35.5. The summed E-state index contributed by atoms with van der Waals surface area (Å²) in [6, 6.07) is 13.9. The molecular formula is C17H16ClN3O. The van der Waals surface area contributed by atoms with Crippen molar-refractivity contribution in [3.05, 3.63) is 58.9 Å². The molecule has 0 aliphatic carbocycles. The number of nitrogens with zero attached hydrogens (tertiary/aromatic N) is 2. The van der Waals surface area contributed by atoms with Crippen molar-refractivity contribution in [3.63, 3.8) is 0 Å². The molecule has 0 saturated carbocycles. The zero-order valence-corrected chi connectivity index (χ0v) is 13.2. The Hall–Kier alpha value is -2.33. The van der Waals surface area contributed by atoms with E-state index in [4.69, 9.17) is 16.3 Å². The molecule has 22 heavy (non-hydrogen) atoms. The van der Waals surface area contributed by atoms with Crippen molar-refractivity contribution < 1.29 is 4.74 Å². The summed E-state index contributed by atoms with van der Waals surface area (Å²) in [6.07, 6.45) is 0. The van der Waals surface area contributed by atoms with Gasteiger partial charge in [-0.15, -0.1) is 0 Å². The zero-order valence-electron chi connectivity index (χ0n) is 12.4. The third kappa shape index (κ3) is 3.12. The Kier molecular flexibility index (Phi) is 4.11. The minimum absolute atomic E-state index is 0.244. The van der Waals surface area contributed by atoms with Gasteiger partial charge in [0.1, 0.15) is 11.6 Å². The van der Waals surface area contributed by atoms with Gasteiger partial charge in [0, 0.05) is 11.9 Å². The summed E-state index contributed by atoms with van der Waals surface area (Å²) in [6.45, 7) is 2.70. The maximum absolute atomic E-state index is 6.01. The first-order valence-electron chi connectivity index (χ1n) is 6.96. The molecule has 3 rings (SSSR count). The Balaban J connectivity index is 1.87. The molecule has 1 heterocycles. The lowest BCUT2D eigenvalue weighted by molar-refractivity contribution is 0.414. The Morgan fingerprint density at radius 3 is 2.59 bits per heavy atom. The van der Waals surface area contributed by atoms with E-state index < -0.39 is 0 Å². The fourth-order valence-electron chi connectivity index (χ4n) is 2.28. The highest BCUT2D eigenvalue weighted by molar-refractivity contribution is 6.28. The van der Waals surface area contributed by atoms with Crippen molar-refractivity contribution >= 4 is 28.3 Å². The molecule has 0 unspecified atom stereocenters. The average molecular weight is 314 g/mol. The SMILES string of the molecule is COc1ccc(CNc2nc(Cl)nc3ccc(C)cc23)cc1. The topological polar surface area (TPSA) is 47.0 Å². The molecule has 1 aromatic heterocycles. The molecule has 0 atom stereocenters. The van der Waals surface area contributed by atoms with Gasteiger partial charge in [-0.3, -0.25) is 0 Å². The number of ether oxygens (including phenoxy) is 1. The van der Waals surface area contributed by atoms with Crippen molar-refractivity contribution in [1.29, 1.82) is 0 Å². The third-order valence-electron chi connectivity index (χ3n) is 3.44. The number of halogens is 1. The average Bonchev–Trinajstić information content (AvgIpc) is 2.53. The summed E-state index contributed by atoms with van der Waals surface area (Å²) in [5.74, 6) is 1.59. The van der Waals surface area contributed by atoms with E-state index in [0.717, 1.165) is 33.6 Å². The van der Waals surface area contributed by atoms with Crippen molar-refractivity contribution in [2.45, 2.75) is 13.5 Å². The normalized spacial score (nSPS) is 10.7. The molecule has 0 saturated heterocycles. The van der Waals surface area contributed by atoms with E-state index in [1.165, 1.54) is 0 Å². The van der Waals surface area contributed by atoms with Gasteiger partial charge in [0.05, 0.1) is 12.6 Å². The smallest absolute Gasteiger partial charge is 0.224 e. The van der Waals surface area contributed by atoms with Crippen LogP contribution in [0.25, 0.3) is 10.9 Å². The van der Waals surface area contributed by atoms with Gasteiger partial charge in [-0.2, -0.15) is 0 Å². The molecule has 1 N–H and O–H groups in total. The summed E-state index contributed by atoms with van der Waals surface area (Å²) in [7, 11) is 1.66. The molecule has 112 valence electrons. The summed E-state index contributed by atoms with van der Waals surface area (Å²) < 4.78 is 5.16. The first-order chi connectivity index (χ1) is 10.7. The van der Waals surface area contributed by atoms with Crippen molar-refractivity contribution in [3.8, 4) is 5.75 Å². The molecule has 0 bridgehead atoms. The number of fused-ring (bicyclic) bond motifs is 1. The van der Waals surface area contributed by atoms with Crippen LogP contribution >= 0.6 is 11.6 Å². The summed E-state index contributed by atoms with van der Waals surface area (Å²) in [4.78, 5) is 8.56. The monoisotopic (exact) mass is 313 g/mol. The second-order valence-electron chi connectivity index (χ2n) is 5.06. The van der Waals surface area contributed by atoms with E-state index in [-0.39, 0.29) is 5.28 Å². The summed E-state index contributed by atoms with van der Waals surface area (Å²) >= 11 is 6.01. The van der Waals surface area contributed by atoms with Crippen molar-refractivity contribution in [2.24, 2.45) is 0 Å². The van der Waals surface area contributed by atoms with E-state index in [1.807, 2.05) is 43.3 Å². The van der Waals surface area contributed by atoms with Crippen molar-refractivity contribution in [1.82, 2.24) is 9.97 Å².